The highest BCUT2D eigenvalue weighted by Gasteiger charge is 2.29. The number of anilines is 1. The van der Waals surface area contributed by atoms with Gasteiger partial charge < -0.3 is 19.1 Å². The van der Waals surface area contributed by atoms with Crippen molar-refractivity contribution in [1.29, 1.82) is 0 Å². The van der Waals surface area contributed by atoms with Crippen molar-refractivity contribution in [3.63, 3.8) is 0 Å². The largest absolute Gasteiger partial charge is 0.493 e. The zero-order chi connectivity index (χ0) is 24.9. The zero-order valence-electron chi connectivity index (χ0n) is 20.2. The Morgan fingerprint density at radius 1 is 1.11 bits per heavy atom. The van der Waals surface area contributed by atoms with Crippen molar-refractivity contribution in [2.45, 2.75) is 19.8 Å². The Bertz CT molecular complexity index is 1200. The van der Waals surface area contributed by atoms with Crippen LogP contribution >= 0.6 is 11.8 Å². The van der Waals surface area contributed by atoms with E-state index in [-0.39, 0.29) is 0 Å². The predicted octanol–water partition coefficient (Wildman–Crippen LogP) is 4.56. The first-order valence-corrected chi connectivity index (χ1v) is 12.3. The number of aryl methyl sites for hydroxylation is 1. The van der Waals surface area contributed by atoms with Gasteiger partial charge >= 0.3 is 11.3 Å². The maximum Gasteiger partial charge on any atom is 0.438 e. The van der Waals surface area contributed by atoms with Crippen LogP contribution in [0.25, 0.3) is 0 Å². The van der Waals surface area contributed by atoms with Crippen molar-refractivity contribution in [2.75, 3.05) is 45.1 Å². The van der Waals surface area contributed by atoms with Gasteiger partial charge in [-0.3, -0.25) is 9.79 Å². The molecule has 0 atom stereocenters. The number of thioether (sulfide) groups is 1. The number of benzene rings is 2. The lowest BCUT2D eigenvalue weighted by molar-refractivity contribution is 0.137. The minimum absolute atomic E-state index is 0.392. The molecule has 184 valence electrons. The third-order valence-corrected chi connectivity index (χ3v) is 6.65. The average molecular weight is 497 g/mol. The first-order valence-electron chi connectivity index (χ1n) is 11.3. The summed E-state index contributed by atoms with van der Waals surface area (Å²) < 4.78 is 15.6. The number of hydrazone groups is 1. The monoisotopic (exact) mass is 496 g/mol. The van der Waals surface area contributed by atoms with Gasteiger partial charge in [0.2, 0.25) is 0 Å². The van der Waals surface area contributed by atoms with Gasteiger partial charge in [0.05, 0.1) is 27.0 Å². The molecule has 10 heteroatoms. The summed E-state index contributed by atoms with van der Waals surface area (Å²) in [6.45, 7) is 3.49. The number of fused-ring (bicyclic) bond motifs is 1. The van der Waals surface area contributed by atoms with Gasteiger partial charge in [-0.1, -0.05) is 17.8 Å². The summed E-state index contributed by atoms with van der Waals surface area (Å²) in [6.07, 6.45) is 1.07. The number of amidine groups is 1. The van der Waals surface area contributed by atoms with E-state index in [1.165, 1.54) is 7.11 Å². The number of amides is 2. The second-order valence-corrected chi connectivity index (χ2v) is 8.78. The Morgan fingerprint density at radius 2 is 1.91 bits per heavy atom. The number of carbonyl (C=O) groups excluding carboxylic acids is 2. The highest BCUT2D eigenvalue weighted by atomic mass is 32.2. The molecule has 0 aliphatic carbocycles. The van der Waals surface area contributed by atoms with E-state index in [9.17, 15) is 9.59 Å². The SMILES string of the molecule is CCN=C(c1ccc(OC)c(OC)c1)N1CCCc2cc(C3=NN(C(=O)OC)C(=O)SC3)ccc21. The average Bonchev–Trinajstić information content (AvgIpc) is 2.90. The number of methoxy groups -OCH3 is 3. The fourth-order valence-corrected chi connectivity index (χ4v) is 4.90. The second kappa shape index (κ2) is 10.8. The molecular formula is C25H28N4O5S. The molecule has 2 aromatic rings. The van der Waals surface area contributed by atoms with E-state index in [4.69, 9.17) is 14.5 Å². The predicted molar refractivity (Wildman–Crippen MR) is 137 cm³/mol. The van der Waals surface area contributed by atoms with Crippen LogP contribution in [0.1, 0.15) is 30.0 Å². The van der Waals surface area contributed by atoms with E-state index in [2.05, 4.69) is 26.9 Å². The van der Waals surface area contributed by atoms with Crippen molar-refractivity contribution >= 4 is 40.3 Å². The quantitative estimate of drug-likeness (QED) is 0.442. The molecule has 2 aliphatic rings. The van der Waals surface area contributed by atoms with Gasteiger partial charge in [-0.2, -0.15) is 5.10 Å². The van der Waals surface area contributed by atoms with Crippen LogP contribution in [0.15, 0.2) is 46.5 Å². The lowest BCUT2D eigenvalue weighted by Gasteiger charge is -2.33. The Balaban J connectivity index is 1.69. The van der Waals surface area contributed by atoms with Crippen LogP contribution in [0, 0.1) is 0 Å². The molecule has 0 fully saturated rings. The van der Waals surface area contributed by atoms with E-state index >= 15 is 0 Å². The summed E-state index contributed by atoms with van der Waals surface area (Å²) in [5.41, 5.74) is 4.71. The molecule has 0 aromatic heterocycles. The first-order chi connectivity index (χ1) is 17.0. The summed E-state index contributed by atoms with van der Waals surface area (Å²) in [6, 6.07) is 11.9. The normalized spacial score (nSPS) is 15.9. The van der Waals surface area contributed by atoms with Crippen LogP contribution in [0.3, 0.4) is 0 Å². The number of ether oxygens (including phenoxy) is 3. The molecule has 0 spiro atoms. The van der Waals surface area contributed by atoms with Crippen molar-refractivity contribution in [3.05, 3.63) is 53.1 Å². The summed E-state index contributed by atoms with van der Waals surface area (Å²) in [5.74, 6) is 2.58. The van der Waals surface area contributed by atoms with Gasteiger partial charge in [-0.25, -0.2) is 4.79 Å². The number of aliphatic imine (C=N–C) groups is 1. The standard InChI is InChI=1S/C25H28N4O5S/c1-5-26-23(18-9-11-21(32-2)22(14-18)33-3)28-12-6-7-17-13-16(8-10-20(17)28)19-15-35-25(31)29(27-19)24(30)34-4/h8-11,13-14H,5-7,12,15H2,1-4H3. The molecule has 0 saturated heterocycles. The molecular weight excluding hydrogens is 468 g/mol. The molecule has 0 saturated carbocycles. The van der Waals surface area contributed by atoms with Crippen molar-refractivity contribution < 1.29 is 23.8 Å². The molecule has 0 bridgehead atoms. The number of rotatable bonds is 5. The minimum Gasteiger partial charge on any atom is -0.493 e. The molecule has 2 amide bonds. The molecule has 35 heavy (non-hydrogen) atoms. The lowest BCUT2D eigenvalue weighted by Crippen LogP contribution is -2.37. The smallest absolute Gasteiger partial charge is 0.438 e. The summed E-state index contributed by atoms with van der Waals surface area (Å²) >= 11 is 1.03. The molecule has 9 nitrogen and oxygen atoms in total. The van der Waals surface area contributed by atoms with Crippen LogP contribution in [0.5, 0.6) is 11.5 Å². The topological polar surface area (TPSA) is 93.0 Å². The van der Waals surface area contributed by atoms with Gasteiger partial charge in [0.1, 0.15) is 5.84 Å². The Hall–Kier alpha value is -3.53. The lowest BCUT2D eigenvalue weighted by atomic mass is 9.97. The fourth-order valence-electron chi connectivity index (χ4n) is 4.18. The Labute approximate surface area is 208 Å². The van der Waals surface area contributed by atoms with Gasteiger partial charge in [0.15, 0.2) is 11.5 Å². The number of imide groups is 1. The third kappa shape index (κ3) is 4.97. The number of hydrogen-bond acceptors (Lipinski definition) is 8. The number of hydrogen-bond donors (Lipinski definition) is 0. The first kappa shape index (κ1) is 24.6. The molecule has 2 aromatic carbocycles. The van der Waals surface area contributed by atoms with Crippen LogP contribution in [0.4, 0.5) is 15.3 Å². The Morgan fingerprint density at radius 3 is 2.63 bits per heavy atom. The molecule has 0 unspecified atom stereocenters. The van der Waals surface area contributed by atoms with Crippen molar-refractivity contribution in [3.8, 4) is 11.5 Å². The van der Waals surface area contributed by atoms with Crippen molar-refractivity contribution in [2.24, 2.45) is 10.1 Å². The summed E-state index contributed by atoms with van der Waals surface area (Å²) in [4.78, 5) is 31.0. The maximum atomic E-state index is 12.0. The zero-order valence-corrected chi connectivity index (χ0v) is 21.1. The van der Waals surface area contributed by atoms with Crippen LogP contribution in [-0.2, 0) is 11.2 Å². The van der Waals surface area contributed by atoms with Crippen LogP contribution < -0.4 is 14.4 Å². The molecule has 0 radical (unpaired) electrons. The highest BCUT2D eigenvalue weighted by molar-refractivity contribution is 8.14. The molecule has 4 rings (SSSR count). The van der Waals surface area contributed by atoms with Gasteiger partial charge in [-0.15, -0.1) is 5.01 Å². The fraction of sp³-hybridized carbons (Fsp3) is 0.360. The van der Waals surface area contributed by atoms with Gasteiger partial charge in [0.25, 0.3) is 0 Å². The minimum atomic E-state index is -0.792. The summed E-state index contributed by atoms with van der Waals surface area (Å²) in [5, 5.41) is 4.59. The van der Waals surface area contributed by atoms with E-state index in [0.29, 0.717) is 29.5 Å². The van der Waals surface area contributed by atoms with E-state index in [1.807, 2.05) is 31.2 Å². The third-order valence-electron chi connectivity index (χ3n) is 5.81. The second-order valence-electron chi connectivity index (χ2n) is 7.85. The van der Waals surface area contributed by atoms with Crippen LogP contribution in [-0.4, -0.2) is 68.1 Å². The molecule has 2 heterocycles. The van der Waals surface area contributed by atoms with E-state index in [0.717, 1.165) is 64.4 Å². The van der Waals surface area contributed by atoms with Gasteiger partial charge in [-0.05, 0) is 61.2 Å². The van der Waals surface area contributed by atoms with E-state index in [1.54, 1.807) is 14.2 Å². The highest BCUT2D eigenvalue weighted by Crippen LogP contribution is 2.33. The maximum absolute atomic E-state index is 12.0. The van der Waals surface area contributed by atoms with Crippen molar-refractivity contribution in [1.82, 2.24) is 5.01 Å². The molecule has 2 aliphatic heterocycles. The van der Waals surface area contributed by atoms with E-state index < -0.39 is 11.3 Å². The molecule has 0 N–H and O–H groups in total. The Kier molecular flexibility index (Phi) is 7.60. The van der Waals surface area contributed by atoms with Gasteiger partial charge in [0, 0.05) is 30.1 Å². The number of nitrogens with zero attached hydrogens (tertiary/aromatic N) is 4. The summed E-state index contributed by atoms with van der Waals surface area (Å²) in [7, 11) is 4.47. The van der Waals surface area contributed by atoms with Crippen LogP contribution in [0.2, 0.25) is 0 Å². The number of carbonyl (C=O) groups is 2.